The summed E-state index contributed by atoms with van der Waals surface area (Å²) in [7, 11) is 0. The average Bonchev–Trinajstić information content (AvgIpc) is 1.98. The molecular weight excluding hydrogens is 228 g/mol. The second-order valence-electron chi connectivity index (χ2n) is 7.29. The van der Waals surface area contributed by atoms with Crippen LogP contribution in [0.4, 0.5) is 4.79 Å². The normalized spacial score (nSPS) is 27.4. The molecule has 0 atom stereocenters. The topological polar surface area (TPSA) is 32.8 Å². The fourth-order valence-corrected chi connectivity index (χ4v) is 3.38. The molecule has 0 aromatic carbocycles. The summed E-state index contributed by atoms with van der Waals surface area (Å²) in [5.41, 5.74) is 0.0663. The van der Waals surface area contributed by atoms with Gasteiger partial charge < -0.3 is 14.5 Å². The molecular formula is C14H24N2O2. The third kappa shape index (κ3) is 2.11. The Balaban J connectivity index is 1.42. The van der Waals surface area contributed by atoms with Crippen LogP contribution in [0.15, 0.2) is 0 Å². The molecule has 4 nitrogen and oxygen atoms in total. The summed E-state index contributed by atoms with van der Waals surface area (Å²) in [5, 5.41) is 0. The lowest BCUT2D eigenvalue weighted by molar-refractivity contribution is -0.117. The van der Waals surface area contributed by atoms with E-state index in [1.807, 2.05) is 25.7 Å². The highest BCUT2D eigenvalue weighted by molar-refractivity contribution is 5.69. The molecule has 0 aromatic heterocycles. The van der Waals surface area contributed by atoms with Gasteiger partial charge in [-0.05, 0) is 53.1 Å². The minimum Gasteiger partial charge on any atom is -0.444 e. The summed E-state index contributed by atoms with van der Waals surface area (Å²) < 4.78 is 5.39. The number of carbonyl (C=O) groups excluding carboxylic acids is 1. The molecule has 1 spiro atoms. The predicted octanol–water partition coefficient (Wildman–Crippen LogP) is 2.09. The zero-order chi connectivity index (χ0) is 13.0. The molecule has 1 saturated carbocycles. The third-order valence-corrected chi connectivity index (χ3v) is 4.45. The van der Waals surface area contributed by atoms with E-state index in [9.17, 15) is 4.79 Å². The van der Waals surface area contributed by atoms with Gasteiger partial charge in [0.1, 0.15) is 5.60 Å². The molecule has 2 aliphatic heterocycles. The molecule has 3 aliphatic rings. The SMILES string of the molecule is CC(C)(C)OC(=O)N1CC2(CC(N3CCC3)C2)C1. The number of ether oxygens (including phenoxy) is 1. The van der Waals surface area contributed by atoms with Crippen LogP contribution in [0, 0.1) is 5.41 Å². The first-order valence-corrected chi connectivity index (χ1v) is 7.09. The molecule has 3 rings (SSSR count). The Hall–Kier alpha value is -0.770. The molecule has 0 radical (unpaired) electrons. The summed E-state index contributed by atoms with van der Waals surface area (Å²) in [6.45, 7) is 10.2. The lowest BCUT2D eigenvalue weighted by Crippen LogP contribution is -2.68. The molecule has 1 amide bonds. The van der Waals surface area contributed by atoms with Crippen molar-refractivity contribution in [2.45, 2.75) is 51.7 Å². The maximum absolute atomic E-state index is 11.8. The Morgan fingerprint density at radius 1 is 1.22 bits per heavy atom. The quantitative estimate of drug-likeness (QED) is 0.716. The van der Waals surface area contributed by atoms with Crippen LogP contribution in [-0.2, 0) is 4.74 Å². The lowest BCUT2D eigenvalue weighted by atomic mass is 9.60. The van der Waals surface area contributed by atoms with Crippen molar-refractivity contribution in [2.75, 3.05) is 26.2 Å². The van der Waals surface area contributed by atoms with Crippen molar-refractivity contribution in [1.82, 2.24) is 9.80 Å². The number of rotatable bonds is 1. The Bertz CT molecular complexity index is 343. The average molecular weight is 252 g/mol. The first-order chi connectivity index (χ1) is 8.37. The van der Waals surface area contributed by atoms with Gasteiger partial charge >= 0.3 is 6.09 Å². The maximum Gasteiger partial charge on any atom is 0.410 e. The lowest BCUT2D eigenvalue weighted by Gasteiger charge is -2.61. The van der Waals surface area contributed by atoms with Crippen LogP contribution in [-0.4, -0.2) is 53.7 Å². The third-order valence-electron chi connectivity index (χ3n) is 4.45. The van der Waals surface area contributed by atoms with Crippen molar-refractivity contribution < 1.29 is 9.53 Å². The van der Waals surface area contributed by atoms with E-state index in [1.54, 1.807) is 0 Å². The fourth-order valence-electron chi connectivity index (χ4n) is 3.38. The van der Waals surface area contributed by atoms with Crippen molar-refractivity contribution in [2.24, 2.45) is 5.41 Å². The van der Waals surface area contributed by atoms with E-state index in [1.165, 1.54) is 32.4 Å². The van der Waals surface area contributed by atoms with E-state index >= 15 is 0 Å². The van der Waals surface area contributed by atoms with Crippen LogP contribution in [0.3, 0.4) is 0 Å². The molecule has 1 aliphatic carbocycles. The minimum atomic E-state index is -0.375. The van der Waals surface area contributed by atoms with E-state index in [-0.39, 0.29) is 11.7 Å². The van der Waals surface area contributed by atoms with E-state index in [4.69, 9.17) is 4.74 Å². The first-order valence-electron chi connectivity index (χ1n) is 7.09. The summed E-state index contributed by atoms with van der Waals surface area (Å²) >= 11 is 0. The van der Waals surface area contributed by atoms with Crippen LogP contribution in [0.5, 0.6) is 0 Å². The van der Waals surface area contributed by atoms with Crippen molar-refractivity contribution in [3.63, 3.8) is 0 Å². The highest BCUT2D eigenvalue weighted by atomic mass is 16.6. The van der Waals surface area contributed by atoms with E-state index in [0.717, 1.165) is 19.1 Å². The van der Waals surface area contributed by atoms with Gasteiger partial charge in [-0.15, -0.1) is 0 Å². The van der Waals surface area contributed by atoms with Crippen LogP contribution < -0.4 is 0 Å². The van der Waals surface area contributed by atoms with Gasteiger partial charge in [0.15, 0.2) is 0 Å². The molecule has 4 heteroatoms. The van der Waals surface area contributed by atoms with Gasteiger partial charge in [0.05, 0.1) is 0 Å². The standard InChI is InChI=1S/C14H24N2O2/c1-13(2,3)18-12(17)16-9-14(10-16)7-11(8-14)15-5-4-6-15/h11H,4-10H2,1-3H3. The van der Waals surface area contributed by atoms with Gasteiger partial charge in [-0.25, -0.2) is 4.79 Å². The minimum absolute atomic E-state index is 0.138. The number of carbonyl (C=O) groups is 1. The number of likely N-dealkylation sites (tertiary alicyclic amines) is 2. The van der Waals surface area contributed by atoms with Crippen LogP contribution >= 0.6 is 0 Å². The summed E-state index contributed by atoms with van der Waals surface area (Å²) in [5.74, 6) is 0. The summed E-state index contributed by atoms with van der Waals surface area (Å²) in [6, 6.07) is 0.805. The second-order valence-corrected chi connectivity index (χ2v) is 7.29. The van der Waals surface area contributed by atoms with E-state index in [0.29, 0.717) is 5.41 Å². The molecule has 0 unspecified atom stereocenters. The number of nitrogens with zero attached hydrogens (tertiary/aromatic N) is 2. The van der Waals surface area contributed by atoms with Crippen LogP contribution in [0.1, 0.15) is 40.0 Å². The van der Waals surface area contributed by atoms with E-state index in [2.05, 4.69) is 4.90 Å². The monoisotopic (exact) mass is 252 g/mol. The van der Waals surface area contributed by atoms with Gasteiger partial charge in [-0.1, -0.05) is 0 Å². The first kappa shape index (κ1) is 12.3. The Labute approximate surface area is 109 Å². The van der Waals surface area contributed by atoms with Gasteiger partial charge in [-0.2, -0.15) is 0 Å². The highest BCUT2D eigenvalue weighted by Crippen LogP contribution is 2.51. The number of hydrogen-bond donors (Lipinski definition) is 0. The van der Waals surface area contributed by atoms with Crippen LogP contribution in [0.2, 0.25) is 0 Å². The molecule has 18 heavy (non-hydrogen) atoms. The predicted molar refractivity (Wildman–Crippen MR) is 69.5 cm³/mol. The summed E-state index contributed by atoms with van der Waals surface area (Å²) in [6.07, 6.45) is 3.80. The van der Waals surface area contributed by atoms with Crippen molar-refractivity contribution in [3.05, 3.63) is 0 Å². The van der Waals surface area contributed by atoms with Gasteiger partial charge in [-0.3, -0.25) is 0 Å². The fraction of sp³-hybridized carbons (Fsp3) is 0.929. The molecule has 2 saturated heterocycles. The van der Waals surface area contributed by atoms with Crippen molar-refractivity contribution in [3.8, 4) is 0 Å². The second kappa shape index (κ2) is 3.86. The summed E-state index contributed by atoms with van der Waals surface area (Å²) in [4.78, 5) is 16.3. The van der Waals surface area contributed by atoms with Gasteiger partial charge in [0.25, 0.3) is 0 Å². The Morgan fingerprint density at radius 3 is 2.28 bits per heavy atom. The Kier molecular flexibility index (Phi) is 2.63. The number of amides is 1. The van der Waals surface area contributed by atoms with Crippen LogP contribution in [0.25, 0.3) is 0 Å². The smallest absolute Gasteiger partial charge is 0.410 e. The Morgan fingerprint density at radius 2 is 1.83 bits per heavy atom. The molecule has 0 aromatic rings. The molecule has 0 bridgehead atoms. The van der Waals surface area contributed by atoms with Gasteiger partial charge in [0, 0.05) is 24.5 Å². The highest BCUT2D eigenvalue weighted by Gasteiger charge is 2.55. The van der Waals surface area contributed by atoms with E-state index < -0.39 is 0 Å². The molecule has 0 N–H and O–H groups in total. The van der Waals surface area contributed by atoms with Crippen molar-refractivity contribution >= 4 is 6.09 Å². The molecule has 2 heterocycles. The zero-order valence-corrected chi connectivity index (χ0v) is 11.7. The maximum atomic E-state index is 11.8. The largest absolute Gasteiger partial charge is 0.444 e. The molecule has 3 fully saturated rings. The number of hydrogen-bond acceptors (Lipinski definition) is 3. The zero-order valence-electron chi connectivity index (χ0n) is 11.7. The van der Waals surface area contributed by atoms with Crippen molar-refractivity contribution in [1.29, 1.82) is 0 Å². The molecule has 102 valence electrons. The van der Waals surface area contributed by atoms with Gasteiger partial charge in [0.2, 0.25) is 0 Å².